The van der Waals surface area contributed by atoms with E-state index in [1.807, 2.05) is 30.3 Å². The molecule has 0 spiro atoms. The Bertz CT molecular complexity index is 1140. The van der Waals surface area contributed by atoms with Crippen molar-refractivity contribution in [1.82, 2.24) is 15.3 Å². The molecule has 1 heterocycles. The van der Waals surface area contributed by atoms with Crippen LogP contribution >= 0.6 is 11.8 Å². The van der Waals surface area contributed by atoms with Crippen LogP contribution in [0.1, 0.15) is 11.3 Å². The van der Waals surface area contributed by atoms with Crippen molar-refractivity contribution in [2.24, 2.45) is 0 Å². The molecule has 0 unspecified atom stereocenters. The molecule has 0 aliphatic rings. The molecule has 0 atom stereocenters. The fraction of sp³-hybridized carbons (Fsp3) is 0.143. The summed E-state index contributed by atoms with van der Waals surface area (Å²) in [5, 5.41) is 5.21. The van der Waals surface area contributed by atoms with Gasteiger partial charge >= 0.3 is 0 Å². The molecular formula is C21H18F2N4O3S. The van der Waals surface area contributed by atoms with Crippen LogP contribution in [0.3, 0.4) is 0 Å². The van der Waals surface area contributed by atoms with E-state index >= 15 is 0 Å². The Morgan fingerprint density at radius 3 is 2.55 bits per heavy atom. The number of rotatable bonds is 8. The normalized spacial score (nSPS) is 10.5. The molecule has 0 saturated carbocycles. The van der Waals surface area contributed by atoms with Crippen molar-refractivity contribution in [3.05, 3.63) is 87.8 Å². The Morgan fingerprint density at radius 2 is 1.81 bits per heavy atom. The van der Waals surface area contributed by atoms with Gasteiger partial charge in [0, 0.05) is 18.7 Å². The summed E-state index contributed by atoms with van der Waals surface area (Å²) >= 11 is 0.915. The molecule has 3 aromatic rings. The molecular weight excluding hydrogens is 426 g/mol. The van der Waals surface area contributed by atoms with Gasteiger partial charge in [-0.15, -0.1) is 0 Å². The highest BCUT2D eigenvalue weighted by Crippen LogP contribution is 2.17. The fourth-order valence-electron chi connectivity index (χ4n) is 2.58. The van der Waals surface area contributed by atoms with Crippen molar-refractivity contribution < 1.29 is 18.4 Å². The third-order valence-electron chi connectivity index (χ3n) is 3.99. The molecule has 10 heteroatoms. The van der Waals surface area contributed by atoms with Crippen molar-refractivity contribution in [2.45, 2.75) is 18.1 Å². The van der Waals surface area contributed by atoms with E-state index in [-0.39, 0.29) is 34.6 Å². The first-order chi connectivity index (χ1) is 14.9. The average molecular weight is 444 g/mol. The molecule has 0 radical (unpaired) electrons. The van der Waals surface area contributed by atoms with Crippen LogP contribution in [0.5, 0.6) is 0 Å². The summed E-state index contributed by atoms with van der Waals surface area (Å²) in [4.78, 5) is 42.7. The Labute approximate surface area is 180 Å². The highest BCUT2D eigenvalue weighted by Gasteiger charge is 2.11. The van der Waals surface area contributed by atoms with Crippen molar-refractivity contribution in [3.8, 4) is 0 Å². The van der Waals surface area contributed by atoms with Crippen LogP contribution < -0.4 is 16.2 Å². The second-order valence-electron chi connectivity index (χ2n) is 6.44. The lowest BCUT2D eigenvalue weighted by Crippen LogP contribution is -2.26. The van der Waals surface area contributed by atoms with Gasteiger partial charge in [-0.25, -0.2) is 13.8 Å². The summed E-state index contributed by atoms with van der Waals surface area (Å²) in [5.41, 5.74) is 0.571. The van der Waals surface area contributed by atoms with Gasteiger partial charge in [0.05, 0.1) is 23.6 Å². The lowest BCUT2D eigenvalue weighted by Gasteiger charge is -2.07. The molecule has 2 aromatic carbocycles. The van der Waals surface area contributed by atoms with Gasteiger partial charge in [0.25, 0.3) is 5.56 Å². The Hall–Kier alpha value is -3.53. The van der Waals surface area contributed by atoms with Crippen LogP contribution in [0.25, 0.3) is 0 Å². The Balaban J connectivity index is 1.54. The number of carbonyl (C=O) groups excluding carboxylic acids is 2. The van der Waals surface area contributed by atoms with E-state index in [1.54, 1.807) is 0 Å². The number of hydrogen-bond acceptors (Lipinski definition) is 5. The first-order valence-electron chi connectivity index (χ1n) is 9.17. The van der Waals surface area contributed by atoms with Gasteiger partial charge in [0.2, 0.25) is 11.8 Å². The van der Waals surface area contributed by atoms with Crippen LogP contribution in [0.15, 0.2) is 64.5 Å². The number of thioether (sulfide) groups is 1. The summed E-state index contributed by atoms with van der Waals surface area (Å²) in [7, 11) is 0. The van der Waals surface area contributed by atoms with E-state index in [1.165, 1.54) is 6.07 Å². The fourth-order valence-corrected chi connectivity index (χ4v) is 3.27. The van der Waals surface area contributed by atoms with Gasteiger partial charge < -0.3 is 15.6 Å². The van der Waals surface area contributed by atoms with E-state index in [2.05, 4.69) is 20.6 Å². The van der Waals surface area contributed by atoms with Gasteiger partial charge in [-0.2, -0.15) is 0 Å². The molecule has 0 fully saturated rings. The van der Waals surface area contributed by atoms with E-state index in [0.29, 0.717) is 12.6 Å². The molecule has 2 amide bonds. The van der Waals surface area contributed by atoms with Gasteiger partial charge in [-0.05, 0) is 17.7 Å². The minimum Gasteiger partial charge on any atom is -0.352 e. The van der Waals surface area contributed by atoms with Crippen LogP contribution in [0.4, 0.5) is 14.5 Å². The Kier molecular flexibility index (Phi) is 7.50. The number of anilines is 1. The summed E-state index contributed by atoms with van der Waals surface area (Å²) in [6.45, 7) is 0.352. The van der Waals surface area contributed by atoms with E-state index in [4.69, 9.17) is 0 Å². The third kappa shape index (κ3) is 7.03. The molecule has 1 aromatic heterocycles. The Morgan fingerprint density at radius 1 is 1.03 bits per heavy atom. The molecule has 0 bridgehead atoms. The quantitative estimate of drug-likeness (QED) is 0.366. The lowest BCUT2D eigenvalue weighted by molar-refractivity contribution is -0.120. The maximum Gasteiger partial charge on any atom is 0.251 e. The largest absolute Gasteiger partial charge is 0.352 e. The average Bonchev–Trinajstić information content (AvgIpc) is 2.73. The lowest BCUT2D eigenvalue weighted by atomic mass is 10.2. The summed E-state index contributed by atoms with van der Waals surface area (Å²) in [6, 6.07) is 13.4. The molecule has 0 aliphatic heterocycles. The van der Waals surface area contributed by atoms with Gasteiger partial charge in [0.15, 0.2) is 5.16 Å². The first-order valence-corrected chi connectivity index (χ1v) is 10.2. The number of carbonyl (C=O) groups is 2. The van der Waals surface area contributed by atoms with Gasteiger partial charge in [-0.3, -0.25) is 14.4 Å². The summed E-state index contributed by atoms with van der Waals surface area (Å²) in [5.74, 6) is -2.69. The number of nitrogens with one attached hydrogen (secondary N) is 3. The zero-order valence-corrected chi connectivity index (χ0v) is 17.0. The molecule has 0 saturated heterocycles. The van der Waals surface area contributed by atoms with Crippen LogP contribution in [-0.2, 0) is 22.6 Å². The zero-order chi connectivity index (χ0) is 22.2. The SMILES string of the molecule is O=C(Cc1cc(=O)[nH]c(SCC(=O)Nc2ccc(F)cc2F)n1)NCc1ccccc1. The summed E-state index contributed by atoms with van der Waals surface area (Å²) in [6.07, 6.45) is -0.0999. The highest BCUT2D eigenvalue weighted by atomic mass is 32.2. The maximum atomic E-state index is 13.6. The number of aromatic nitrogens is 2. The molecule has 160 valence electrons. The number of amides is 2. The van der Waals surface area contributed by atoms with Crippen molar-refractivity contribution in [3.63, 3.8) is 0 Å². The van der Waals surface area contributed by atoms with Crippen LogP contribution in [0, 0.1) is 11.6 Å². The molecule has 3 N–H and O–H groups in total. The second-order valence-corrected chi connectivity index (χ2v) is 7.41. The highest BCUT2D eigenvalue weighted by molar-refractivity contribution is 7.99. The number of aromatic amines is 1. The minimum absolute atomic E-state index is 0.0999. The molecule has 31 heavy (non-hydrogen) atoms. The number of H-pyrrole nitrogens is 1. The van der Waals surface area contributed by atoms with Gasteiger partial charge in [-0.1, -0.05) is 42.1 Å². The standard InChI is InChI=1S/C21H18F2N4O3S/c22-14-6-7-17(16(23)8-14)26-20(30)12-31-21-25-15(10-19(29)27-21)9-18(28)24-11-13-4-2-1-3-5-13/h1-8,10H,9,11-12H2,(H,24,28)(H,26,30)(H,25,27,29). The topological polar surface area (TPSA) is 104 Å². The predicted octanol–water partition coefficient (Wildman–Crippen LogP) is 2.64. The van der Waals surface area contributed by atoms with Crippen LogP contribution in [-0.4, -0.2) is 27.5 Å². The molecule has 7 nitrogen and oxygen atoms in total. The number of hydrogen-bond donors (Lipinski definition) is 3. The van der Waals surface area contributed by atoms with E-state index < -0.39 is 23.1 Å². The van der Waals surface area contributed by atoms with Crippen LogP contribution in [0.2, 0.25) is 0 Å². The van der Waals surface area contributed by atoms with E-state index in [0.717, 1.165) is 29.5 Å². The number of nitrogens with zero attached hydrogens (tertiary/aromatic N) is 1. The third-order valence-corrected chi connectivity index (χ3v) is 4.87. The zero-order valence-electron chi connectivity index (χ0n) is 16.2. The number of benzene rings is 2. The predicted molar refractivity (Wildman–Crippen MR) is 113 cm³/mol. The number of halogens is 2. The van der Waals surface area contributed by atoms with E-state index in [9.17, 15) is 23.2 Å². The molecule has 0 aliphatic carbocycles. The summed E-state index contributed by atoms with van der Waals surface area (Å²) < 4.78 is 26.5. The van der Waals surface area contributed by atoms with Gasteiger partial charge in [0.1, 0.15) is 11.6 Å². The van der Waals surface area contributed by atoms with Crippen molar-refractivity contribution in [2.75, 3.05) is 11.1 Å². The minimum atomic E-state index is -0.895. The monoisotopic (exact) mass is 444 g/mol. The smallest absolute Gasteiger partial charge is 0.251 e. The first kappa shape index (κ1) is 22.2. The maximum absolute atomic E-state index is 13.6. The second kappa shape index (κ2) is 10.5. The molecule has 3 rings (SSSR count). The van der Waals surface area contributed by atoms with Crippen molar-refractivity contribution in [1.29, 1.82) is 0 Å². The van der Waals surface area contributed by atoms with Crippen molar-refractivity contribution >= 4 is 29.3 Å².